The van der Waals surface area contributed by atoms with Crippen molar-refractivity contribution in [2.24, 2.45) is 0 Å². The van der Waals surface area contributed by atoms with E-state index in [1.54, 1.807) is 6.07 Å². The molecule has 0 radical (unpaired) electrons. The maximum Gasteiger partial charge on any atom is 0.161 e. The van der Waals surface area contributed by atoms with Crippen LogP contribution in [0.5, 0.6) is 17.2 Å². The van der Waals surface area contributed by atoms with Crippen molar-refractivity contribution in [3.8, 4) is 17.2 Å². The molecule has 0 atom stereocenters. The van der Waals surface area contributed by atoms with Crippen LogP contribution in [0.15, 0.2) is 12.1 Å². The van der Waals surface area contributed by atoms with Crippen LogP contribution in [0.2, 0.25) is 0 Å². The molecule has 0 heterocycles. The lowest BCUT2D eigenvalue weighted by atomic mass is 10.1. The van der Waals surface area contributed by atoms with E-state index in [9.17, 15) is 9.90 Å². The van der Waals surface area contributed by atoms with E-state index in [1.807, 2.05) is 0 Å². The van der Waals surface area contributed by atoms with Crippen LogP contribution < -0.4 is 9.47 Å². The van der Waals surface area contributed by atoms with E-state index in [2.05, 4.69) is 0 Å². The molecule has 1 aromatic rings. The smallest absolute Gasteiger partial charge is 0.161 e. The zero-order valence-electron chi connectivity index (χ0n) is 9.03. The van der Waals surface area contributed by atoms with Crippen LogP contribution in [0.25, 0.3) is 0 Å². The van der Waals surface area contributed by atoms with E-state index >= 15 is 0 Å². The van der Waals surface area contributed by atoms with E-state index in [0.717, 1.165) is 0 Å². The normalized spacial score (nSPS) is 9.80. The number of aromatic hydroxyl groups is 1. The molecular formula is C11H14O4. The summed E-state index contributed by atoms with van der Waals surface area (Å²) < 4.78 is 10.0. The number of methoxy groups -OCH3 is 2. The fourth-order valence-electron chi connectivity index (χ4n) is 1.35. The Morgan fingerprint density at radius 1 is 1.27 bits per heavy atom. The van der Waals surface area contributed by atoms with Crippen molar-refractivity contribution in [1.29, 1.82) is 0 Å². The van der Waals surface area contributed by atoms with Crippen LogP contribution in [0, 0.1) is 0 Å². The highest BCUT2D eigenvalue weighted by Crippen LogP contribution is 2.33. The van der Waals surface area contributed by atoms with Crippen LogP contribution in [-0.2, 0) is 11.2 Å². The second-order valence-corrected chi connectivity index (χ2v) is 3.21. The average Bonchev–Trinajstić information content (AvgIpc) is 2.19. The predicted molar refractivity (Wildman–Crippen MR) is 55.6 cm³/mol. The third-order valence-electron chi connectivity index (χ3n) is 2.02. The number of phenols is 1. The molecule has 1 aromatic carbocycles. The van der Waals surface area contributed by atoms with E-state index < -0.39 is 0 Å². The molecule has 0 unspecified atom stereocenters. The van der Waals surface area contributed by atoms with Crippen molar-refractivity contribution in [2.45, 2.75) is 13.3 Å². The summed E-state index contributed by atoms with van der Waals surface area (Å²) in [6, 6.07) is 3.05. The fraction of sp³-hybridized carbons (Fsp3) is 0.364. The van der Waals surface area contributed by atoms with Gasteiger partial charge in [0.05, 0.1) is 14.2 Å². The quantitative estimate of drug-likeness (QED) is 0.819. The van der Waals surface area contributed by atoms with Crippen molar-refractivity contribution >= 4 is 5.78 Å². The summed E-state index contributed by atoms with van der Waals surface area (Å²) in [5.41, 5.74) is 0.708. The minimum Gasteiger partial charge on any atom is -0.504 e. The van der Waals surface area contributed by atoms with Crippen LogP contribution >= 0.6 is 0 Å². The second-order valence-electron chi connectivity index (χ2n) is 3.21. The van der Waals surface area contributed by atoms with E-state index in [0.29, 0.717) is 17.1 Å². The summed E-state index contributed by atoms with van der Waals surface area (Å²) in [7, 11) is 2.95. The van der Waals surface area contributed by atoms with Gasteiger partial charge < -0.3 is 14.6 Å². The van der Waals surface area contributed by atoms with E-state index in [1.165, 1.54) is 27.2 Å². The number of hydrogen-bond acceptors (Lipinski definition) is 4. The zero-order chi connectivity index (χ0) is 11.4. The van der Waals surface area contributed by atoms with Gasteiger partial charge in [-0.3, -0.25) is 4.79 Å². The highest BCUT2D eigenvalue weighted by molar-refractivity contribution is 5.79. The maximum absolute atomic E-state index is 11.0. The minimum atomic E-state index is 0.00153. The Labute approximate surface area is 88.4 Å². The van der Waals surface area contributed by atoms with Gasteiger partial charge in [0.15, 0.2) is 11.5 Å². The Bertz CT molecular complexity index is 371. The minimum absolute atomic E-state index is 0.00153. The lowest BCUT2D eigenvalue weighted by Gasteiger charge is -2.10. The summed E-state index contributed by atoms with van der Waals surface area (Å²) in [5.74, 6) is 0.859. The first-order chi connectivity index (χ1) is 7.08. The Morgan fingerprint density at radius 3 is 2.33 bits per heavy atom. The first-order valence-electron chi connectivity index (χ1n) is 4.51. The standard InChI is InChI=1S/C11H14O4/c1-7(12)4-8-5-11(15-3)9(13)6-10(8)14-2/h5-6,13H,4H2,1-3H3. The van der Waals surface area contributed by atoms with Crippen molar-refractivity contribution in [3.63, 3.8) is 0 Å². The lowest BCUT2D eigenvalue weighted by molar-refractivity contribution is -0.116. The molecule has 1 N–H and O–H groups in total. The number of ether oxygens (including phenoxy) is 2. The summed E-state index contributed by atoms with van der Waals surface area (Å²) in [5, 5.41) is 9.49. The van der Waals surface area contributed by atoms with Gasteiger partial charge in [0.2, 0.25) is 0 Å². The topological polar surface area (TPSA) is 55.8 Å². The van der Waals surface area contributed by atoms with Gasteiger partial charge in [0.1, 0.15) is 11.5 Å². The second kappa shape index (κ2) is 4.68. The summed E-state index contributed by atoms with van der Waals surface area (Å²) in [4.78, 5) is 11.0. The first kappa shape index (κ1) is 11.4. The number of hydrogen-bond donors (Lipinski definition) is 1. The number of carbonyl (C=O) groups excluding carboxylic acids is 1. The van der Waals surface area contributed by atoms with Crippen LogP contribution in [0.3, 0.4) is 0 Å². The van der Waals surface area contributed by atoms with Gasteiger partial charge in [0, 0.05) is 18.1 Å². The van der Waals surface area contributed by atoms with Crippen molar-refractivity contribution in [3.05, 3.63) is 17.7 Å². The monoisotopic (exact) mass is 210 g/mol. The Balaban J connectivity index is 3.16. The van der Waals surface area contributed by atoms with Crippen LogP contribution in [0.4, 0.5) is 0 Å². The van der Waals surface area contributed by atoms with E-state index in [4.69, 9.17) is 9.47 Å². The van der Waals surface area contributed by atoms with Gasteiger partial charge in [0.25, 0.3) is 0 Å². The Hall–Kier alpha value is -1.71. The Morgan fingerprint density at radius 2 is 1.87 bits per heavy atom. The summed E-state index contributed by atoms with van der Waals surface area (Å²) >= 11 is 0. The molecule has 1 rings (SSSR count). The maximum atomic E-state index is 11.0. The number of Topliss-reactive ketones (excluding diaryl/α,β-unsaturated/α-hetero) is 1. The van der Waals surface area contributed by atoms with Gasteiger partial charge in [-0.25, -0.2) is 0 Å². The van der Waals surface area contributed by atoms with Crippen molar-refractivity contribution in [1.82, 2.24) is 0 Å². The molecule has 0 spiro atoms. The van der Waals surface area contributed by atoms with Gasteiger partial charge in [-0.1, -0.05) is 0 Å². The molecule has 0 saturated heterocycles. The number of ketones is 1. The third-order valence-corrected chi connectivity index (χ3v) is 2.02. The largest absolute Gasteiger partial charge is 0.504 e. The third kappa shape index (κ3) is 2.62. The van der Waals surface area contributed by atoms with Crippen molar-refractivity contribution < 1.29 is 19.4 Å². The van der Waals surface area contributed by atoms with Crippen molar-refractivity contribution in [2.75, 3.05) is 14.2 Å². The summed E-state index contributed by atoms with van der Waals surface area (Å²) in [6.45, 7) is 1.50. The molecule has 0 bridgehead atoms. The molecule has 4 heteroatoms. The van der Waals surface area contributed by atoms with Crippen LogP contribution in [-0.4, -0.2) is 25.1 Å². The molecule has 82 valence electrons. The molecule has 0 aliphatic rings. The lowest BCUT2D eigenvalue weighted by Crippen LogP contribution is -2.00. The fourth-order valence-corrected chi connectivity index (χ4v) is 1.35. The first-order valence-corrected chi connectivity index (χ1v) is 4.51. The number of phenolic OH excluding ortho intramolecular Hbond substituents is 1. The molecule has 4 nitrogen and oxygen atoms in total. The number of rotatable bonds is 4. The molecule has 15 heavy (non-hydrogen) atoms. The van der Waals surface area contributed by atoms with Gasteiger partial charge in [-0.15, -0.1) is 0 Å². The molecule has 0 aliphatic carbocycles. The van der Waals surface area contributed by atoms with Gasteiger partial charge in [-0.05, 0) is 13.0 Å². The SMILES string of the molecule is COc1cc(CC(C)=O)c(OC)cc1O. The van der Waals surface area contributed by atoms with E-state index in [-0.39, 0.29) is 18.0 Å². The predicted octanol–water partition coefficient (Wildman–Crippen LogP) is 1.54. The highest BCUT2D eigenvalue weighted by Gasteiger charge is 2.11. The molecule has 0 aromatic heterocycles. The number of benzene rings is 1. The van der Waals surface area contributed by atoms with Gasteiger partial charge in [-0.2, -0.15) is 0 Å². The molecule has 0 amide bonds. The zero-order valence-corrected chi connectivity index (χ0v) is 9.03. The molecule has 0 aliphatic heterocycles. The molecular weight excluding hydrogens is 196 g/mol. The van der Waals surface area contributed by atoms with Gasteiger partial charge >= 0.3 is 0 Å². The number of carbonyl (C=O) groups is 1. The highest BCUT2D eigenvalue weighted by atomic mass is 16.5. The van der Waals surface area contributed by atoms with Crippen LogP contribution in [0.1, 0.15) is 12.5 Å². The summed E-state index contributed by atoms with van der Waals surface area (Å²) in [6.07, 6.45) is 0.264. The molecule has 0 fully saturated rings. The molecule has 0 saturated carbocycles. The average molecular weight is 210 g/mol. The Kier molecular flexibility index (Phi) is 3.55.